The van der Waals surface area contributed by atoms with Crippen LogP contribution >= 0.6 is 23.5 Å². The lowest BCUT2D eigenvalue weighted by Gasteiger charge is -2.04. The molecular formula is C6H13NO2S2. The Morgan fingerprint density at radius 3 is 2.73 bits per heavy atom. The highest BCUT2D eigenvalue weighted by atomic mass is 32.2. The number of aliphatic carboxylic acids is 1. The Hall–Kier alpha value is 0.130. The summed E-state index contributed by atoms with van der Waals surface area (Å²) in [5.74, 6) is 1.62. The number of carboxylic acid groups (broad SMARTS) is 1. The smallest absolute Gasteiger partial charge is 0.321 e. The highest BCUT2D eigenvalue weighted by Crippen LogP contribution is 2.04. The van der Waals surface area contributed by atoms with E-state index in [0.717, 1.165) is 11.5 Å². The molecule has 0 aliphatic rings. The Morgan fingerprint density at radius 2 is 2.27 bits per heavy atom. The average molecular weight is 195 g/mol. The lowest BCUT2D eigenvalue weighted by atomic mass is 10.4. The first kappa shape index (κ1) is 11.1. The van der Waals surface area contributed by atoms with Gasteiger partial charge in [0.05, 0.1) is 0 Å². The summed E-state index contributed by atoms with van der Waals surface area (Å²) in [6, 6.07) is -0.707. The van der Waals surface area contributed by atoms with Crippen LogP contribution in [0.1, 0.15) is 0 Å². The molecule has 0 aromatic rings. The molecule has 0 aromatic carbocycles. The van der Waals surface area contributed by atoms with Crippen LogP contribution in [0.2, 0.25) is 0 Å². The van der Waals surface area contributed by atoms with Crippen molar-refractivity contribution < 1.29 is 9.90 Å². The van der Waals surface area contributed by atoms with Gasteiger partial charge in [-0.05, 0) is 6.26 Å². The highest BCUT2D eigenvalue weighted by Gasteiger charge is 2.09. The molecule has 0 saturated heterocycles. The van der Waals surface area contributed by atoms with Crippen LogP contribution in [0, 0.1) is 0 Å². The molecule has 1 unspecified atom stereocenters. The van der Waals surface area contributed by atoms with Gasteiger partial charge in [-0.1, -0.05) is 0 Å². The summed E-state index contributed by atoms with van der Waals surface area (Å²) >= 11 is 3.34. The van der Waals surface area contributed by atoms with Crippen molar-refractivity contribution in [1.82, 2.24) is 0 Å². The van der Waals surface area contributed by atoms with E-state index in [9.17, 15) is 4.79 Å². The number of thioether (sulfide) groups is 2. The molecule has 0 bridgehead atoms. The SMILES string of the molecule is CSCCSCC(N)C(=O)O. The minimum Gasteiger partial charge on any atom is -0.480 e. The number of hydrogen-bond acceptors (Lipinski definition) is 4. The van der Waals surface area contributed by atoms with Gasteiger partial charge < -0.3 is 10.8 Å². The van der Waals surface area contributed by atoms with Crippen LogP contribution in [0.25, 0.3) is 0 Å². The molecule has 0 rings (SSSR count). The quantitative estimate of drug-likeness (QED) is 0.604. The van der Waals surface area contributed by atoms with E-state index >= 15 is 0 Å². The molecule has 11 heavy (non-hydrogen) atoms. The number of hydrogen-bond donors (Lipinski definition) is 2. The second kappa shape index (κ2) is 6.82. The number of rotatable bonds is 6. The van der Waals surface area contributed by atoms with E-state index in [-0.39, 0.29) is 0 Å². The summed E-state index contributed by atoms with van der Waals surface area (Å²) < 4.78 is 0. The van der Waals surface area contributed by atoms with Crippen LogP contribution in [0.4, 0.5) is 0 Å². The van der Waals surface area contributed by atoms with Crippen molar-refractivity contribution >= 4 is 29.5 Å². The molecule has 0 saturated carbocycles. The van der Waals surface area contributed by atoms with Crippen LogP contribution in [-0.4, -0.2) is 40.6 Å². The van der Waals surface area contributed by atoms with Crippen molar-refractivity contribution in [2.75, 3.05) is 23.5 Å². The zero-order valence-corrected chi connectivity index (χ0v) is 8.08. The van der Waals surface area contributed by atoms with E-state index in [2.05, 4.69) is 0 Å². The summed E-state index contributed by atoms with van der Waals surface area (Å²) in [6.45, 7) is 0. The fourth-order valence-corrected chi connectivity index (χ4v) is 2.13. The fourth-order valence-electron chi connectivity index (χ4n) is 0.424. The summed E-state index contributed by atoms with van der Waals surface area (Å²) in [4.78, 5) is 10.2. The Morgan fingerprint density at radius 1 is 1.64 bits per heavy atom. The average Bonchev–Trinajstić information content (AvgIpc) is 1.97. The molecule has 66 valence electrons. The van der Waals surface area contributed by atoms with Crippen LogP contribution in [-0.2, 0) is 4.79 Å². The van der Waals surface area contributed by atoms with Gasteiger partial charge in [0.1, 0.15) is 6.04 Å². The van der Waals surface area contributed by atoms with Gasteiger partial charge in [-0.25, -0.2) is 0 Å². The molecule has 0 spiro atoms. The molecule has 3 nitrogen and oxygen atoms in total. The molecule has 0 radical (unpaired) electrons. The summed E-state index contributed by atoms with van der Waals surface area (Å²) in [5, 5.41) is 8.39. The zero-order chi connectivity index (χ0) is 8.69. The predicted octanol–water partition coefficient (Wildman–Crippen LogP) is 0.494. The van der Waals surface area contributed by atoms with Gasteiger partial charge in [-0.3, -0.25) is 4.79 Å². The maximum atomic E-state index is 10.2. The third-order valence-electron chi connectivity index (χ3n) is 1.05. The maximum absolute atomic E-state index is 10.2. The Bertz CT molecular complexity index is 121. The second-order valence-electron chi connectivity index (χ2n) is 2.01. The predicted molar refractivity (Wildman–Crippen MR) is 51.3 cm³/mol. The lowest BCUT2D eigenvalue weighted by Crippen LogP contribution is -2.32. The Kier molecular flexibility index (Phi) is 6.90. The zero-order valence-electron chi connectivity index (χ0n) is 6.45. The number of carbonyl (C=O) groups is 1. The molecule has 5 heteroatoms. The third kappa shape index (κ3) is 6.52. The normalized spacial score (nSPS) is 12.9. The van der Waals surface area contributed by atoms with Gasteiger partial charge in [0.2, 0.25) is 0 Å². The van der Waals surface area contributed by atoms with Gasteiger partial charge in [-0.15, -0.1) is 0 Å². The van der Waals surface area contributed by atoms with E-state index in [1.807, 2.05) is 6.26 Å². The molecule has 0 fully saturated rings. The maximum Gasteiger partial charge on any atom is 0.321 e. The molecular weight excluding hydrogens is 182 g/mol. The fraction of sp³-hybridized carbons (Fsp3) is 0.833. The number of nitrogens with two attached hydrogens (primary N) is 1. The monoisotopic (exact) mass is 195 g/mol. The van der Waals surface area contributed by atoms with Crippen molar-refractivity contribution in [1.29, 1.82) is 0 Å². The standard InChI is InChI=1S/C6H13NO2S2/c1-10-2-3-11-4-5(7)6(8)9/h5H,2-4,7H2,1H3,(H,8,9). The van der Waals surface area contributed by atoms with Crippen LogP contribution in [0.15, 0.2) is 0 Å². The van der Waals surface area contributed by atoms with Gasteiger partial charge in [-0.2, -0.15) is 23.5 Å². The second-order valence-corrected chi connectivity index (χ2v) is 4.15. The van der Waals surface area contributed by atoms with Gasteiger partial charge in [0.25, 0.3) is 0 Å². The van der Waals surface area contributed by atoms with Crippen molar-refractivity contribution in [3.63, 3.8) is 0 Å². The Balaban J connectivity index is 3.17. The molecule has 0 amide bonds. The van der Waals surface area contributed by atoms with E-state index < -0.39 is 12.0 Å². The third-order valence-corrected chi connectivity index (χ3v) is 3.00. The first-order valence-corrected chi connectivity index (χ1v) is 5.78. The van der Waals surface area contributed by atoms with Crippen LogP contribution in [0.3, 0.4) is 0 Å². The van der Waals surface area contributed by atoms with Gasteiger partial charge in [0.15, 0.2) is 0 Å². The molecule has 1 atom stereocenters. The van der Waals surface area contributed by atoms with Crippen LogP contribution in [0.5, 0.6) is 0 Å². The number of carboxylic acids is 1. The minimum absolute atomic E-state index is 0.510. The van der Waals surface area contributed by atoms with E-state index in [4.69, 9.17) is 10.8 Å². The van der Waals surface area contributed by atoms with Crippen molar-refractivity contribution in [2.24, 2.45) is 5.73 Å². The molecule has 0 aliphatic carbocycles. The van der Waals surface area contributed by atoms with Crippen molar-refractivity contribution in [2.45, 2.75) is 6.04 Å². The first-order valence-electron chi connectivity index (χ1n) is 3.23. The van der Waals surface area contributed by atoms with E-state index in [1.54, 1.807) is 23.5 Å². The van der Waals surface area contributed by atoms with Crippen LogP contribution < -0.4 is 5.73 Å². The summed E-state index contributed by atoms with van der Waals surface area (Å²) in [7, 11) is 0. The van der Waals surface area contributed by atoms with Gasteiger partial charge >= 0.3 is 5.97 Å². The minimum atomic E-state index is -0.915. The molecule has 3 N–H and O–H groups in total. The van der Waals surface area contributed by atoms with Gasteiger partial charge in [0, 0.05) is 17.3 Å². The van der Waals surface area contributed by atoms with E-state index in [0.29, 0.717) is 5.75 Å². The summed E-state index contributed by atoms with van der Waals surface area (Å²) in [5.41, 5.74) is 5.27. The molecule has 0 heterocycles. The van der Waals surface area contributed by atoms with Crippen molar-refractivity contribution in [3.8, 4) is 0 Å². The van der Waals surface area contributed by atoms with E-state index in [1.165, 1.54) is 0 Å². The summed E-state index contributed by atoms with van der Waals surface area (Å²) in [6.07, 6.45) is 2.03. The Labute approximate surface area is 75.1 Å². The lowest BCUT2D eigenvalue weighted by molar-refractivity contribution is -0.137. The first-order chi connectivity index (χ1) is 5.18. The van der Waals surface area contributed by atoms with Crippen molar-refractivity contribution in [3.05, 3.63) is 0 Å². The largest absolute Gasteiger partial charge is 0.480 e. The molecule has 0 aromatic heterocycles. The highest BCUT2D eigenvalue weighted by molar-refractivity contribution is 8.02. The topological polar surface area (TPSA) is 63.3 Å². The molecule has 0 aliphatic heterocycles.